The predicted octanol–water partition coefficient (Wildman–Crippen LogP) is 2.22. The van der Waals surface area contributed by atoms with Gasteiger partial charge in [0.15, 0.2) is 0 Å². The first-order valence-corrected chi connectivity index (χ1v) is 7.75. The predicted molar refractivity (Wildman–Crippen MR) is 92.7 cm³/mol. The van der Waals surface area contributed by atoms with Gasteiger partial charge in [-0.05, 0) is 38.1 Å². The lowest BCUT2D eigenvalue weighted by atomic mass is 10.2. The number of urea groups is 1. The number of nitrogens with zero attached hydrogens (tertiary/aromatic N) is 3. The molecule has 0 aliphatic carbocycles. The van der Waals surface area contributed by atoms with Crippen molar-refractivity contribution in [2.45, 2.75) is 26.4 Å². The zero-order chi connectivity index (χ0) is 17.7. The molecule has 24 heavy (non-hydrogen) atoms. The van der Waals surface area contributed by atoms with Crippen LogP contribution in [0.2, 0.25) is 0 Å². The molecule has 128 valence electrons. The van der Waals surface area contributed by atoms with E-state index in [4.69, 9.17) is 0 Å². The molecular formula is C17H23N5O2. The van der Waals surface area contributed by atoms with Crippen LogP contribution in [0.25, 0.3) is 0 Å². The molecule has 0 aliphatic rings. The number of amides is 3. The Labute approximate surface area is 141 Å². The number of carbonyl (C=O) groups excluding carboxylic acids is 2. The minimum Gasteiger partial charge on any atom is -0.350 e. The molecule has 7 nitrogen and oxygen atoms in total. The van der Waals surface area contributed by atoms with Gasteiger partial charge in [-0.3, -0.25) is 9.48 Å². The number of hydrogen-bond acceptors (Lipinski definition) is 3. The Morgan fingerprint density at radius 3 is 2.46 bits per heavy atom. The number of aromatic nitrogens is 2. The average Bonchev–Trinajstić information content (AvgIpc) is 2.92. The number of carbonyl (C=O) groups is 2. The van der Waals surface area contributed by atoms with E-state index >= 15 is 0 Å². The highest BCUT2D eigenvalue weighted by Gasteiger charge is 2.11. The van der Waals surface area contributed by atoms with Crippen molar-refractivity contribution in [1.29, 1.82) is 0 Å². The number of anilines is 1. The van der Waals surface area contributed by atoms with Crippen LogP contribution in [0.1, 0.15) is 29.8 Å². The quantitative estimate of drug-likeness (QED) is 0.883. The molecule has 0 atom stereocenters. The Morgan fingerprint density at radius 1 is 1.25 bits per heavy atom. The fraction of sp³-hybridized carbons (Fsp3) is 0.353. The molecule has 1 aromatic carbocycles. The summed E-state index contributed by atoms with van der Waals surface area (Å²) >= 11 is 0. The van der Waals surface area contributed by atoms with Gasteiger partial charge in [0.1, 0.15) is 0 Å². The highest BCUT2D eigenvalue weighted by Crippen LogP contribution is 2.11. The third-order valence-corrected chi connectivity index (χ3v) is 3.34. The molecule has 0 fully saturated rings. The number of aryl methyl sites for hydroxylation is 1. The Bertz CT molecular complexity index is 706. The molecule has 1 heterocycles. The number of nitrogens with one attached hydrogen (secondary N) is 2. The molecule has 2 rings (SSSR count). The van der Waals surface area contributed by atoms with E-state index in [0.717, 1.165) is 5.56 Å². The van der Waals surface area contributed by atoms with Crippen molar-refractivity contribution in [1.82, 2.24) is 20.0 Å². The van der Waals surface area contributed by atoms with Crippen molar-refractivity contribution in [2.75, 3.05) is 12.4 Å². The van der Waals surface area contributed by atoms with Gasteiger partial charge >= 0.3 is 6.03 Å². The monoisotopic (exact) mass is 329 g/mol. The van der Waals surface area contributed by atoms with Gasteiger partial charge in [0, 0.05) is 43.1 Å². The van der Waals surface area contributed by atoms with E-state index < -0.39 is 0 Å². The lowest BCUT2D eigenvalue weighted by molar-refractivity contribution is 0.0943. The Kier molecular flexibility index (Phi) is 5.57. The first-order valence-electron chi connectivity index (χ1n) is 7.75. The maximum Gasteiger partial charge on any atom is 0.321 e. The van der Waals surface area contributed by atoms with Gasteiger partial charge in [0.05, 0.1) is 12.7 Å². The molecule has 0 saturated heterocycles. The summed E-state index contributed by atoms with van der Waals surface area (Å²) in [6.07, 6.45) is 3.60. The van der Waals surface area contributed by atoms with Gasteiger partial charge in [-0.25, -0.2) is 4.79 Å². The fourth-order valence-electron chi connectivity index (χ4n) is 2.17. The highest BCUT2D eigenvalue weighted by molar-refractivity contribution is 5.95. The van der Waals surface area contributed by atoms with Gasteiger partial charge in [0.2, 0.25) is 0 Å². The summed E-state index contributed by atoms with van der Waals surface area (Å²) in [5, 5.41) is 9.71. The van der Waals surface area contributed by atoms with E-state index in [2.05, 4.69) is 15.7 Å². The van der Waals surface area contributed by atoms with Crippen molar-refractivity contribution in [3.05, 3.63) is 47.8 Å². The molecule has 0 radical (unpaired) electrons. The lowest BCUT2D eigenvalue weighted by Gasteiger charge is -2.17. The first-order chi connectivity index (χ1) is 11.3. The van der Waals surface area contributed by atoms with Gasteiger partial charge in [0.25, 0.3) is 5.91 Å². The Balaban J connectivity index is 1.92. The summed E-state index contributed by atoms with van der Waals surface area (Å²) in [4.78, 5) is 25.6. The average molecular weight is 329 g/mol. The SMILES string of the molecule is CC(C)NC(=O)c1ccc(NC(=O)N(C)Cc2cnn(C)c2)cc1. The third kappa shape index (κ3) is 4.84. The normalized spacial score (nSPS) is 10.5. The van der Waals surface area contributed by atoms with Crippen LogP contribution in [-0.2, 0) is 13.6 Å². The molecule has 0 saturated carbocycles. The van der Waals surface area contributed by atoms with Crippen LogP contribution in [0.4, 0.5) is 10.5 Å². The second kappa shape index (κ2) is 7.63. The molecule has 2 N–H and O–H groups in total. The van der Waals surface area contributed by atoms with Crippen LogP contribution in [0.3, 0.4) is 0 Å². The molecule has 2 aromatic rings. The molecule has 0 spiro atoms. The minimum atomic E-state index is -0.224. The summed E-state index contributed by atoms with van der Waals surface area (Å²) in [5.74, 6) is -0.128. The lowest BCUT2D eigenvalue weighted by Crippen LogP contribution is -2.31. The summed E-state index contributed by atoms with van der Waals surface area (Å²) in [7, 11) is 3.55. The third-order valence-electron chi connectivity index (χ3n) is 3.34. The minimum absolute atomic E-state index is 0.0815. The molecule has 0 unspecified atom stereocenters. The molecule has 1 aromatic heterocycles. The number of rotatable bonds is 5. The standard InChI is InChI=1S/C17H23N5O2/c1-12(2)19-16(23)14-5-7-15(8-6-14)20-17(24)21(3)10-13-9-18-22(4)11-13/h5-9,11-12H,10H2,1-4H3,(H,19,23)(H,20,24). The fourth-order valence-corrected chi connectivity index (χ4v) is 2.17. The van der Waals surface area contributed by atoms with Crippen LogP contribution in [0.15, 0.2) is 36.7 Å². The van der Waals surface area contributed by atoms with Crippen molar-refractivity contribution in [3.63, 3.8) is 0 Å². The largest absolute Gasteiger partial charge is 0.350 e. The van der Waals surface area contributed by atoms with Gasteiger partial charge in [-0.2, -0.15) is 5.10 Å². The highest BCUT2D eigenvalue weighted by atomic mass is 16.2. The summed E-state index contributed by atoms with van der Waals surface area (Å²) in [6, 6.07) is 6.66. The van der Waals surface area contributed by atoms with E-state index in [-0.39, 0.29) is 18.0 Å². The van der Waals surface area contributed by atoms with Crippen LogP contribution < -0.4 is 10.6 Å². The maximum atomic E-state index is 12.2. The number of hydrogen-bond donors (Lipinski definition) is 2. The van der Waals surface area contributed by atoms with E-state index in [9.17, 15) is 9.59 Å². The summed E-state index contributed by atoms with van der Waals surface area (Å²) < 4.78 is 1.70. The Hall–Kier alpha value is -2.83. The van der Waals surface area contributed by atoms with Gasteiger partial charge < -0.3 is 15.5 Å². The first kappa shape index (κ1) is 17.5. The van der Waals surface area contributed by atoms with Crippen LogP contribution in [-0.4, -0.2) is 39.7 Å². The van der Waals surface area contributed by atoms with Crippen LogP contribution in [0, 0.1) is 0 Å². The van der Waals surface area contributed by atoms with E-state index in [1.54, 1.807) is 47.1 Å². The van der Waals surface area contributed by atoms with Crippen molar-refractivity contribution < 1.29 is 9.59 Å². The topological polar surface area (TPSA) is 79.3 Å². The summed E-state index contributed by atoms with van der Waals surface area (Å²) in [5.41, 5.74) is 2.15. The van der Waals surface area contributed by atoms with Crippen molar-refractivity contribution >= 4 is 17.6 Å². The smallest absolute Gasteiger partial charge is 0.321 e. The van der Waals surface area contributed by atoms with Gasteiger partial charge in [-0.1, -0.05) is 0 Å². The Morgan fingerprint density at radius 2 is 1.92 bits per heavy atom. The summed E-state index contributed by atoms with van der Waals surface area (Å²) in [6.45, 7) is 4.28. The molecule has 0 aliphatic heterocycles. The zero-order valence-electron chi connectivity index (χ0n) is 14.4. The molecule has 7 heteroatoms. The van der Waals surface area contributed by atoms with Crippen LogP contribution >= 0.6 is 0 Å². The number of benzene rings is 1. The van der Waals surface area contributed by atoms with E-state index in [0.29, 0.717) is 17.8 Å². The van der Waals surface area contributed by atoms with E-state index in [1.807, 2.05) is 27.1 Å². The molecule has 0 bridgehead atoms. The van der Waals surface area contributed by atoms with E-state index in [1.165, 1.54) is 0 Å². The maximum absolute atomic E-state index is 12.2. The molecule has 3 amide bonds. The van der Waals surface area contributed by atoms with Crippen molar-refractivity contribution in [3.8, 4) is 0 Å². The second-order valence-electron chi connectivity index (χ2n) is 6.01. The second-order valence-corrected chi connectivity index (χ2v) is 6.01. The zero-order valence-corrected chi connectivity index (χ0v) is 14.4. The van der Waals surface area contributed by atoms with Gasteiger partial charge in [-0.15, -0.1) is 0 Å². The van der Waals surface area contributed by atoms with Crippen LogP contribution in [0.5, 0.6) is 0 Å². The van der Waals surface area contributed by atoms with Crippen molar-refractivity contribution in [2.24, 2.45) is 7.05 Å². The molecular weight excluding hydrogens is 306 g/mol.